The van der Waals surface area contributed by atoms with E-state index in [0.29, 0.717) is 33.0 Å². The average Bonchev–Trinajstić information content (AvgIpc) is 2.81. The molecule has 1 radical (unpaired) electrons. The molecule has 2 aromatic heterocycles. The van der Waals surface area contributed by atoms with Gasteiger partial charge in [0, 0.05) is 60.0 Å². The number of nitrogens with zero attached hydrogens (tertiary/aromatic N) is 2. The summed E-state index contributed by atoms with van der Waals surface area (Å²) in [6.07, 6.45) is 1.52. The van der Waals surface area contributed by atoms with Crippen molar-refractivity contribution in [3.05, 3.63) is 83.8 Å². The van der Waals surface area contributed by atoms with Gasteiger partial charge in [-0.05, 0) is 40.9 Å². The number of halogens is 3. The molecule has 0 spiro atoms. The zero-order chi connectivity index (χ0) is 27.7. The summed E-state index contributed by atoms with van der Waals surface area (Å²) in [4.78, 5) is 19.3. The molecule has 38 heavy (non-hydrogen) atoms. The van der Waals surface area contributed by atoms with Crippen molar-refractivity contribution in [1.29, 1.82) is 0 Å². The number of pyridine rings is 2. The smallest absolute Gasteiger partial charge is 0.223 e. The van der Waals surface area contributed by atoms with Crippen LogP contribution in [0.15, 0.2) is 60.0 Å². The Kier molecular flexibility index (Phi) is 9.62. The minimum atomic E-state index is -0.891. The van der Waals surface area contributed by atoms with Crippen LogP contribution in [0.3, 0.4) is 0 Å². The van der Waals surface area contributed by atoms with Crippen molar-refractivity contribution in [3.8, 4) is 11.3 Å². The van der Waals surface area contributed by atoms with Crippen LogP contribution in [0, 0.1) is 34.6 Å². The van der Waals surface area contributed by atoms with E-state index in [9.17, 15) is 23.1 Å². The van der Waals surface area contributed by atoms with Crippen LogP contribution >= 0.6 is 0 Å². The van der Waals surface area contributed by atoms with Gasteiger partial charge in [0.15, 0.2) is 5.78 Å². The predicted octanol–water partition coefficient (Wildman–Crippen LogP) is 8.14. The molecule has 0 aliphatic rings. The molecule has 2 aromatic carbocycles. The first-order chi connectivity index (χ1) is 17.1. The largest absolute Gasteiger partial charge is 0.511 e. The average molecular weight is 700 g/mol. The van der Waals surface area contributed by atoms with Crippen LogP contribution in [0.25, 0.3) is 32.8 Å². The molecule has 4 rings (SSSR count). The molecule has 0 saturated carbocycles. The fraction of sp³-hybridized carbons (Fsp3) is 0.300. The number of aliphatic hydroxyl groups is 1. The fourth-order valence-electron chi connectivity index (χ4n) is 3.94. The first kappa shape index (κ1) is 31.1. The van der Waals surface area contributed by atoms with Gasteiger partial charge in [-0.3, -0.25) is 4.79 Å². The number of rotatable bonds is 2. The third-order valence-electron chi connectivity index (χ3n) is 5.78. The van der Waals surface area contributed by atoms with Crippen molar-refractivity contribution in [2.75, 3.05) is 0 Å². The second kappa shape index (κ2) is 11.7. The van der Waals surface area contributed by atoms with Gasteiger partial charge >= 0.3 is 0 Å². The maximum absolute atomic E-state index is 13.8. The van der Waals surface area contributed by atoms with Crippen LogP contribution in [0.4, 0.5) is 13.2 Å². The van der Waals surface area contributed by atoms with Crippen LogP contribution in [0.2, 0.25) is 0 Å². The van der Waals surface area contributed by atoms with Crippen molar-refractivity contribution < 1.29 is 43.2 Å². The van der Waals surface area contributed by atoms with E-state index >= 15 is 0 Å². The van der Waals surface area contributed by atoms with E-state index in [0.717, 1.165) is 0 Å². The van der Waals surface area contributed by atoms with Gasteiger partial charge in [0.25, 0.3) is 0 Å². The van der Waals surface area contributed by atoms with Gasteiger partial charge in [0.05, 0.1) is 0 Å². The fourth-order valence-corrected chi connectivity index (χ4v) is 3.94. The molecule has 0 amide bonds. The molecule has 0 saturated heterocycles. The summed E-state index contributed by atoms with van der Waals surface area (Å²) in [5.41, 5.74) is 0.672. The number of aliphatic hydroxyl groups excluding tert-OH is 1. The summed E-state index contributed by atoms with van der Waals surface area (Å²) in [5.74, 6) is -1.96. The second-order valence-electron chi connectivity index (χ2n) is 10.9. The van der Waals surface area contributed by atoms with E-state index in [1.807, 2.05) is 41.5 Å². The third kappa shape index (κ3) is 6.86. The van der Waals surface area contributed by atoms with Crippen LogP contribution < -0.4 is 0 Å². The SMILES string of the molecule is C/C(C(=O)C(C)(C)C)=C(/O)C(C)(C)C.Fc1cc[c-]c(-c2nccc3c2ccc2c(F)nc(F)cc23)c1.[Ir]. The quantitative estimate of drug-likeness (QED) is 0.0755. The summed E-state index contributed by atoms with van der Waals surface area (Å²) < 4.78 is 40.8. The first-order valence-electron chi connectivity index (χ1n) is 11.8. The summed E-state index contributed by atoms with van der Waals surface area (Å²) in [7, 11) is 0. The van der Waals surface area contributed by atoms with E-state index in [1.165, 1.54) is 36.5 Å². The topological polar surface area (TPSA) is 63.1 Å². The van der Waals surface area contributed by atoms with Gasteiger partial charge < -0.3 is 10.1 Å². The molecule has 0 aliphatic carbocycles. The van der Waals surface area contributed by atoms with Gasteiger partial charge in [-0.15, -0.1) is 29.8 Å². The van der Waals surface area contributed by atoms with Gasteiger partial charge in [-0.25, -0.2) is 4.39 Å². The molecule has 2 heterocycles. The van der Waals surface area contributed by atoms with Crippen molar-refractivity contribution in [3.63, 3.8) is 0 Å². The van der Waals surface area contributed by atoms with E-state index in [1.54, 1.807) is 19.1 Å². The Morgan fingerprint density at radius 2 is 1.50 bits per heavy atom. The van der Waals surface area contributed by atoms with Crippen LogP contribution in [0.1, 0.15) is 48.5 Å². The number of hydrogen-bond acceptors (Lipinski definition) is 4. The molecule has 8 heteroatoms. The molecule has 0 fully saturated rings. The van der Waals surface area contributed by atoms with Crippen LogP contribution in [-0.4, -0.2) is 20.9 Å². The Morgan fingerprint density at radius 1 is 0.868 bits per heavy atom. The van der Waals surface area contributed by atoms with Crippen molar-refractivity contribution >= 4 is 27.3 Å². The van der Waals surface area contributed by atoms with Crippen LogP contribution in [-0.2, 0) is 24.9 Å². The molecular formula is C30H30F3IrN2O2-. The molecule has 4 aromatic rings. The Bertz CT molecular complexity index is 1520. The minimum Gasteiger partial charge on any atom is -0.511 e. The maximum Gasteiger partial charge on any atom is 0.223 e. The van der Waals surface area contributed by atoms with Crippen molar-refractivity contribution in [2.45, 2.75) is 48.5 Å². The van der Waals surface area contributed by atoms with Gasteiger partial charge in [-0.2, -0.15) is 13.8 Å². The number of carbonyl (C=O) groups excluding carboxylic acids is 1. The Morgan fingerprint density at radius 3 is 2.08 bits per heavy atom. The number of hydrogen-bond donors (Lipinski definition) is 1. The molecule has 0 atom stereocenters. The number of aromatic nitrogens is 2. The van der Waals surface area contributed by atoms with Gasteiger partial charge in [-0.1, -0.05) is 47.6 Å². The maximum atomic E-state index is 13.8. The number of benzene rings is 2. The van der Waals surface area contributed by atoms with E-state index in [4.69, 9.17) is 0 Å². The molecule has 0 unspecified atom stereocenters. The van der Waals surface area contributed by atoms with Gasteiger partial charge in [0.1, 0.15) is 5.76 Å². The second-order valence-corrected chi connectivity index (χ2v) is 10.9. The monoisotopic (exact) mass is 700 g/mol. The zero-order valence-electron chi connectivity index (χ0n) is 22.3. The van der Waals surface area contributed by atoms with E-state index < -0.39 is 23.1 Å². The van der Waals surface area contributed by atoms with Crippen molar-refractivity contribution in [1.82, 2.24) is 9.97 Å². The molecule has 203 valence electrons. The standard InChI is InChI=1S/C18H8F3N2.C12H22O2.Ir/c19-11-3-1-2-10(8-11)17-13-4-5-14-15(12(13)6-7-22-17)9-16(20)23-18(14)21;1-8(9(13)11(2,3)4)10(14)12(5,6)7;/h1,3-9H;13H,1-7H3;/q-1;;/b;9-8-;. The summed E-state index contributed by atoms with van der Waals surface area (Å²) in [5, 5.41) is 11.7. The predicted molar refractivity (Wildman–Crippen MR) is 140 cm³/mol. The van der Waals surface area contributed by atoms with E-state index in [-0.39, 0.29) is 42.4 Å². The summed E-state index contributed by atoms with van der Waals surface area (Å²) in [6, 6.07) is 13.0. The molecule has 4 nitrogen and oxygen atoms in total. The van der Waals surface area contributed by atoms with E-state index in [2.05, 4.69) is 16.0 Å². The number of ketones is 1. The Balaban J connectivity index is 0.000000296. The molecule has 0 aliphatic heterocycles. The molecule has 0 bridgehead atoms. The number of carbonyl (C=O) groups is 1. The molecular weight excluding hydrogens is 670 g/mol. The minimum absolute atomic E-state index is 0. The summed E-state index contributed by atoms with van der Waals surface area (Å²) >= 11 is 0. The first-order valence-corrected chi connectivity index (χ1v) is 11.8. The van der Waals surface area contributed by atoms with Gasteiger partial charge in [0.2, 0.25) is 11.9 Å². The number of fused-ring (bicyclic) bond motifs is 3. The molecule has 1 N–H and O–H groups in total. The number of Topliss-reactive ketones (excluding diaryl/α,β-unsaturated/α-hetero) is 1. The normalized spacial score (nSPS) is 12.4. The van der Waals surface area contributed by atoms with Crippen molar-refractivity contribution in [2.24, 2.45) is 10.8 Å². The zero-order valence-corrected chi connectivity index (χ0v) is 24.7. The summed E-state index contributed by atoms with van der Waals surface area (Å²) in [6.45, 7) is 12.9. The number of allylic oxidation sites excluding steroid dienone is 2. The Labute approximate surface area is 234 Å². The Hall–Kier alpha value is -3.09. The van der Waals surface area contributed by atoms with Crippen LogP contribution in [0.5, 0.6) is 0 Å². The third-order valence-corrected chi connectivity index (χ3v) is 5.78.